The molecular weight excluding hydrogens is 122 g/mol. The van der Waals surface area contributed by atoms with E-state index in [2.05, 4.69) is 5.32 Å². The van der Waals surface area contributed by atoms with Crippen molar-refractivity contribution in [2.45, 2.75) is 6.10 Å². The number of carboxylic acid groups (broad SMARTS) is 1. The predicted octanol–water partition coefficient (Wildman–Crippen LogP) is -1.35. The molecule has 1 aliphatic rings. The number of hydrogen-bond donors (Lipinski definition) is 3. The first kappa shape index (κ1) is 6.51. The van der Waals surface area contributed by atoms with E-state index in [-0.39, 0.29) is 0 Å². The Bertz CT molecular complexity index is 125. The number of carboxylic acids is 1. The normalized spacial score (nSPS) is 34.8. The Balaban J connectivity index is 2.49. The summed E-state index contributed by atoms with van der Waals surface area (Å²) in [6.07, 6.45) is -0.706. The molecule has 1 saturated heterocycles. The van der Waals surface area contributed by atoms with E-state index in [1.54, 1.807) is 0 Å². The average molecular weight is 131 g/mol. The molecule has 1 aliphatic heterocycles. The molecule has 0 radical (unpaired) electrons. The van der Waals surface area contributed by atoms with E-state index >= 15 is 0 Å². The maximum absolute atomic E-state index is 10.2. The van der Waals surface area contributed by atoms with Crippen LogP contribution < -0.4 is 5.32 Å². The molecule has 0 aromatic heterocycles. The lowest BCUT2D eigenvalue weighted by Gasteiger charge is -2.05. The molecule has 52 valence electrons. The number of carbonyl (C=O) groups is 1. The van der Waals surface area contributed by atoms with Crippen molar-refractivity contribution in [2.75, 3.05) is 13.1 Å². The summed E-state index contributed by atoms with van der Waals surface area (Å²) < 4.78 is 0. The van der Waals surface area contributed by atoms with Gasteiger partial charge in [-0.2, -0.15) is 0 Å². The molecule has 0 bridgehead atoms. The van der Waals surface area contributed by atoms with Gasteiger partial charge in [-0.15, -0.1) is 0 Å². The van der Waals surface area contributed by atoms with Crippen LogP contribution in [0.5, 0.6) is 0 Å². The first-order chi connectivity index (χ1) is 4.22. The molecule has 0 aliphatic carbocycles. The first-order valence-corrected chi connectivity index (χ1v) is 2.83. The number of aliphatic hydroxyl groups is 1. The summed E-state index contributed by atoms with van der Waals surface area (Å²) in [5.74, 6) is -1.53. The third kappa shape index (κ3) is 1.20. The SMILES string of the molecule is O=C(O)[C@H]1CNC[C@@H]1O. The Morgan fingerprint density at radius 2 is 2.22 bits per heavy atom. The van der Waals surface area contributed by atoms with Crippen molar-refractivity contribution in [3.63, 3.8) is 0 Å². The number of rotatable bonds is 1. The largest absolute Gasteiger partial charge is 0.481 e. The van der Waals surface area contributed by atoms with Crippen molar-refractivity contribution >= 4 is 5.97 Å². The Morgan fingerprint density at radius 3 is 2.44 bits per heavy atom. The Hall–Kier alpha value is -0.610. The number of aliphatic carboxylic acids is 1. The number of nitrogens with one attached hydrogen (secondary N) is 1. The summed E-state index contributed by atoms with van der Waals surface area (Å²) in [5.41, 5.74) is 0. The Kier molecular flexibility index (Phi) is 1.68. The highest BCUT2D eigenvalue weighted by molar-refractivity contribution is 5.71. The van der Waals surface area contributed by atoms with Crippen molar-refractivity contribution < 1.29 is 15.0 Å². The summed E-state index contributed by atoms with van der Waals surface area (Å²) in [6, 6.07) is 0. The smallest absolute Gasteiger partial charge is 0.310 e. The Labute approximate surface area is 52.5 Å². The van der Waals surface area contributed by atoms with Gasteiger partial charge >= 0.3 is 5.97 Å². The molecule has 1 heterocycles. The van der Waals surface area contributed by atoms with Gasteiger partial charge in [-0.25, -0.2) is 0 Å². The van der Waals surface area contributed by atoms with Crippen molar-refractivity contribution in [1.82, 2.24) is 5.32 Å². The van der Waals surface area contributed by atoms with Crippen molar-refractivity contribution in [2.24, 2.45) is 5.92 Å². The van der Waals surface area contributed by atoms with E-state index in [1.165, 1.54) is 0 Å². The standard InChI is InChI=1S/C5H9NO3/c7-4-2-6-1-3(4)5(8)9/h3-4,6-7H,1-2H2,(H,8,9)/t3-,4-/m0/s1. The van der Waals surface area contributed by atoms with E-state index in [9.17, 15) is 4.79 Å². The average Bonchev–Trinajstić information content (AvgIpc) is 2.13. The van der Waals surface area contributed by atoms with Crippen LogP contribution in [0, 0.1) is 5.92 Å². The van der Waals surface area contributed by atoms with Gasteiger partial charge in [0.15, 0.2) is 0 Å². The van der Waals surface area contributed by atoms with Crippen LogP contribution in [0.4, 0.5) is 0 Å². The van der Waals surface area contributed by atoms with Gasteiger partial charge in [0.25, 0.3) is 0 Å². The van der Waals surface area contributed by atoms with Gasteiger partial charge in [-0.05, 0) is 0 Å². The molecule has 4 heteroatoms. The fraction of sp³-hybridized carbons (Fsp3) is 0.800. The van der Waals surface area contributed by atoms with Gasteiger partial charge in [0, 0.05) is 13.1 Å². The van der Waals surface area contributed by atoms with Crippen molar-refractivity contribution in [3.8, 4) is 0 Å². The quantitative estimate of drug-likeness (QED) is 0.411. The maximum atomic E-state index is 10.2. The zero-order chi connectivity index (χ0) is 6.85. The molecule has 0 aromatic carbocycles. The third-order valence-corrected chi connectivity index (χ3v) is 1.50. The maximum Gasteiger partial charge on any atom is 0.310 e. The molecule has 9 heavy (non-hydrogen) atoms. The highest BCUT2D eigenvalue weighted by atomic mass is 16.4. The van der Waals surface area contributed by atoms with E-state index in [0.717, 1.165) is 0 Å². The van der Waals surface area contributed by atoms with Crippen LogP contribution in [0.25, 0.3) is 0 Å². The molecule has 0 unspecified atom stereocenters. The second-order valence-electron chi connectivity index (χ2n) is 2.17. The molecule has 0 amide bonds. The van der Waals surface area contributed by atoms with Gasteiger partial charge in [-0.1, -0.05) is 0 Å². The second-order valence-corrected chi connectivity index (χ2v) is 2.17. The lowest BCUT2D eigenvalue weighted by atomic mass is 10.1. The molecule has 1 rings (SSSR count). The molecule has 4 nitrogen and oxygen atoms in total. The van der Waals surface area contributed by atoms with E-state index < -0.39 is 18.0 Å². The van der Waals surface area contributed by atoms with Gasteiger partial charge in [0.2, 0.25) is 0 Å². The summed E-state index contributed by atoms with van der Waals surface area (Å²) in [7, 11) is 0. The molecule has 1 fully saturated rings. The van der Waals surface area contributed by atoms with Gasteiger partial charge in [-0.3, -0.25) is 4.79 Å². The van der Waals surface area contributed by atoms with Crippen molar-refractivity contribution in [3.05, 3.63) is 0 Å². The summed E-state index contributed by atoms with van der Waals surface area (Å²) in [5, 5.41) is 20.1. The predicted molar refractivity (Wildman–Crippen MR) is 30.0 cm³/mol. The molecule has 0 spiro atoms. The zero-order valence-electron chi connectivity index (χ0n) is 4.87. The minimum absolute atomic E-state index is 0.385. The first-order valence-electron chi connectivity index (χ1n) is 2.83. The lowest BCUT2D eigenvalue weighted by molar-refractivity contribution is -0.143. The monoisotopic (exact) mass is 131 g/mol. The van der Waals surface area contributed by atoms with Gasteiger partial charge < -0.3 is 15.5 Å². The lowest BCUT2D eigenvalue weighted by Crippen LogP contribution is -2.25. The highest BCUT2D eigenvalue weighted by Crippen LogP contribution is 2.07. The number of hydrogen-bond acceptors (Lipinski definition) is 3. The summed E-state index contributed by atoms with van der Waals surface area (Å²) in [4.78, 5) is 10.2. The second kappa shape index (κ2) is 2.33. The highest BCUT2D eigenvalue weighted by Gasteiger charge is 2.30. The molecule has 2 atom stereocenters. The zero-order valence-corrected chi connectivity index (χ0v) is 4.87. The van der Waals surface area contributed by atoms with Crippen molar-refractivity contribution in [1.29, 1.82) is 0 Å². The fourth-order valence-corrected chi connectivity index (χ4v) is 0.917. The van der Waals surface area contributed by atoms with E-state index in [4.69, 9.17) is 10.2 Å². The topological polar surface area (TPSA) is 69.6 Å². The van der Waals surface area contributed by atoms with E-state index in [0.29, 0.717) is 13.1 Å². The van der Waals surface area contributed by atoms with E-state index in [1.807, 2.05) is 0 Å². The van der Waals surface area contributed by atoms with Crippen LogP contribution in [-0.4, -0.2) is 35.4 Å². The third-order valence-electron chi connectivity index (χ3n) is 1.50. The van der Waals surface area contributed by atoms with Gasteiger partial charge in [0.1, 0.15) is 0 Å². The summed E-state index contributed by atoms with van der Waals surface area (Å²) >= 11 is 0. The molecule has 0 aromatic rings. The molecule has 3 N–H and O–H groups in total. The molecular formula is C5H9NO3. The van der Waals surface area contributed by atoms with Gasteiger partial charge in [0.05, 0.1) is 12.0 Å². The van der Waals surface area contributed by atoms with Crippen LogP contribution in [0.3, 0.4) is 0 Å². The van der Waals surface area contributed by atoms with Crippen LogP contribution in [-0.2, 0) is 4.79 Å². The molecule has 0 saturated carbocycles. The van der Waals surface area contributed by atoms with Crippen LogP contribution in [0.15, 0.2) is 0 Å². The minimum atomic E-state index is -0.924. The number of β-amino-alcohol motifs (C(OH)–C–C–N with tert-alkyl or cyclic N) is 1. The minimum Gasteiger partial charge on any atom is -0.481 e. The number of aliphatic hydroxyl groups excluding tert-OH is 1. The van der Waals surface area contributed by atoms with Crippen LogP contribution >= 0.6 is 0 Å². The summed E-state index contributed by atoms with van der Waals surface area (Å²) in [6.45, 7) is 0.785. The van der Waals surface area contributed by atoms with Crippen LogP contribution in [0.1, 0.15) is 0 Å². The van der Waals surface area contributed by atoms with Crippen LogP contribution in [0.2, 0.25) is 0 Å². The fourth-order valence-electron chi connectivity index (χ4n) is 0.917. The Morgan fingerprint density at radius 1 is 1.56 bits per heavy atom.